The molecule has 3 aromatic carbocycles. The summed E-state index contributed by atoms with van der Waals surface area (Å²) in [6, 6.07) is 23.9. The first kappa shape index (κ1) is 22.8. The van der Waals surface area contributed by atoms with Gasteiger partial charge in [0.05, 0.1) is 27.6 Å². The number of carbonyl (C=O) groups is 1. The van der Waals surface area contributed by atoms with Crippen molar-refractivity contribution < 1.29 is 9.72 Å². The van der Waals surface area contributed by atoms with Crippen molar-refractivity contribution >= 4 is 34.3 Å². The highest BCUT2D eigenvalue weighted by Crippen LogP contribution is 2.40. The molecule has 1 saturated heterocycles. The van der Waals surface area contributed by atoms with Crippen molar-refractivity contribution in [2.75, 3.05) is 36.4 Å². The molecule has 1 N–H and O–H groups in total. The van der Waals surface area contributed by atoms with E-state index in [1.54, 1.807) is 12.1 Å². The van der Waals surface area contributed by atoms with Gasteiger partial charge in [0.1, 0.15) is 0 Å². The van der Waals surface area contributed by atoms with Gasteiger partial charge in [0.2, 0.25) is 5.95 Å². The van der Waals surface area contributed by atoms with Gasteiger partial charge in [-0.2, -0.15) is 0 Å². The minimum Gasteiger partial charge on any atom is -0.368 e. The number of nitrogens with zero attached hydrogens (tertiary/aromatic N) is 5. The molecule has 0 radical (unpaired) electrons. The fraction of sp³-hybridized carbons (Fsp3) is 0.214. The summed E-state index contributed by atoms with van der Waals surface area (Å²) >= 11 is 0. The van der Waals surface area contributed by atoms with Crippen LogP contribution in [0.2, 0.25) is 0 Å². The van der Waals surface area contributed by atoms with Crippen LogP contribution in [-0.2, 0) is 4.79 Å². The number of carbonyl (C=O) groups excluding carboxylic acids is 1. The van der Waals surface area contributed by atoms with Crippen LogP contribution in [0.3, 0.4) is 0 Å². The Bertz CT molecular complexity index is 1540. The average molecular weight is 495 g/mol. The van der Waals surface area contributed by atoms with Crippen molar-refractivity contribution in [1.29, 1.82) is 0 Å². The van der Waals surface area contributed by atoms with Crippen LogP contribution in [0.1, 0.15) is 18.5 Å². The topological polar surface area (TPSA) is 96.5 Å². The lowest BCUT2D eigenvalue weighted by Gasteiger charge is -2.39. The summed E-state index contributed by atoms with van der Waals surface area (Å²) in [6.45, 7) is 4.51. The molecule has 1 atom stereocenters. The molecule has 9 heteroatoms. The molecule has 2 aliphatic rings. The Hall–Kier alpha value is -4.66. The Morgan fingerprint density at radius 2 is 1.70 bits per heavy atom. The fourth-order valence-corrected chi connectivity index (χ4v) is 5.34. The van der Waals surface area contributed by atoms with E-state index in [1.165, 1.54) is 6.07 Å². The second-order valence-corrected chi connectivity index (χ2v) is 9.33. The number of amides is 1. The van der Waals surface area contributed by atoms with E-state index in [-0.39, 0.29) is 11.6 Å². The molecule has 3 heterocycles. The van der Waals surface area contributed by atoms with Crippen LogP contribution >= 0.6 is 0 Å². The molecular weight excluding hydrogens is 468 g/mol. The number of allylic oxidation sites excluding steroid dienone is 1. The third-order valence-electron chi connectivity index (χ3n) is 7.15. The fourth-order valence-electron chi connectivity index (χ4n) is 5.34. The molecule has 4 aromatic rings. The van der Waals surface area contributed by atoms with Gasteiger partial charge >= 0.3 is 0 Å². The second-order valence-electron chi connectivity index (χ2n) is 9.33. The van der Waals surface area contributed by atoms with E-state index in [2.05, 4.69) is 22.3 Å². The summed E-state index contributed by atoms with van der Waals surface area (Å²) in [6.07, 6.45) is 0. The van der Waals surface area contributed by atoms with Crippen molar-refractivity contribution in [3.05, 3.63) is 106 Å². The van der Waals surface area contributed by atoms with Crippen LogP contribution in [0.25, 0.3) is 11.0 Å². The quantitative estimate of drug-likeness (QED) is 0.330. The summed E-state index contributed by atoms with van der Waals surface area (Å²) in [5.74, 6) is 0.540. The van der Waals surface area contributed by atoms with Crippen LogP contribution in [0, 0.1) is 10.1 Å². The molecule has 37 heavy (non-hydrogen) atoms. The molecule has 1 aromatic heterocycles. The predicted octanol–water partition coefficient (Wildman–Crippen LogP) is 4.58. The maximum absolute atomic E-state index is 14.1. The van der Waals surface area contributed by atoms with Gasteiger partial charge < -0.3 is 15.1 Å². The Balaban J connectivity index is 1.39. The number of aromatic nitrogens is 2. The number of hydrogen-bond acceptors (Lipinski definition) is 6. The van der Waals surface area contributed by atoms with Gasteiger partial charge in [-0.1, -0.05) is 42.5 Å². The van der Waals surface area contributed by atoms with Crippen molar-refractivity contribution in [2.45, 2.75) is 13.0 Å². The number of anilines is 2. The Morgan fingerprint density at radius 1 is 0.973 bits per heavy atom. The Kier molecular flexibility index (Phi) is 5.60. The average Bonchev–Trinajstić information content (AvgIpc) is 3.30. The van der Waals surface area contributed by atoms with Gasteiger partial charge in [0.25, 0.3) is 11.6 Å². The first-order valence-electron chi connectivity index (χ1n) is 12.3. The monoisotopic (exact) mass is 494 g/mol. The smallest absolute Gasteiger partial charge is 0.269 e. The highest BCUT2D eigenvalue weighted by atomic mass is 16.6. The zero-order valence-corrected chi connectivity index (χ0v) is 20.4. The summed E-state index contributed by atoms with van der Waals surface area (Å²) in [5, 5.41) is 14.9. The lowest BCUT2D eigenvalue weighted by molar-refractivity contribution is -0.384. The lowest BCUT2D eigenvalue weighted by atomic mass is 9.93. The first-order valence-corrected chi connectivity index (χ1v) is 12.3. The van der Waals surface area contributed by atoms with Gasteiger partial charge in [-0.05, 0) is 36.8 Å². The summed E-state index contributed by atoms with van der Waals surface area (Å²) in [5.41, 5.74) is 4.73. The van der Waals surface area contributed by atoms with Crippen molar-refractivity contribution in [1.82, 2.24) is 14.5 Å². The molecule has 2 aliphatic heterocycles. The van der Waals surface area contributed by atoms with Gasteiger partial charge in [-0.25, -0.2) is 4.98 Å². The number of benzene rings is 3. The van der Waals surface area contributed by atoms with Gasteiger partial charge in [-0.15, -0.1) is 0 Å². The standard InChI is InChI=1S/C28H26N6O3/c1-19-25(27(35)32-16-14-31(15-17-32)21-9-3-2-4-10-21)26(20-8-7-11-22(18-20)34(36)37)33-24-13-6-5-12-23(24)30-28(33)29-19/h2-13,18,26H,14-17H2,1H3,(H,29,30)/t26-/m1/s1. The molecule has 0 aliphatic carbocycles. The molecular formula is C28H26N6O3. The maximum Gasteiger partial charge on any atom is 0.269 e. The minimum absolute atomic E-state index is 0.0112. The minimum atomic E-state index is -0.553. The Labute approximate surface area is 213 Å². The molecule has 0 spiro atoms. The van der Waals surface area contributed by atoms with Gasteiger partial charge in [0, 0.05) is 49.7 Å². The first-order chi connectivity index (χ1) is 18.0. The van der Waals surface area contributed by atoms with E-state index in [4.69, 9.17) is 4.98 Å². The third-order valence-corrected chi connectivity index (χ3v) is 7.15. The van der Waals surface area contributed by atoms with Gasteiger partial charge in [0.15, 0.2) is 0 Å². The van der Waals surface area contributed by atoms with Crippen molar-refractivity contribution in [2.24, 2.45) is 0 Å². The van der Waals surface area contributed by atoms with E-state index in [9.17, 15) is 14.9 Å². The zero-order valence-electron chi connectivity index (χ0n) is 20.4. The van der Waals surface area contributed by atoms with Crippen LogP contribution in [0.15, 0.2) is 90.1 Å². The molecule has 9 nitrogen and oxygen atoms in total. The van der Waals surface area contributed by atoms with Crippen LogP contribution < -0.4 is 10.2 Å². The maximum atomic E-state index is 14.1. The highest BCUT2D eigenvalue weighted by molar-refractivity contribution is 5.98. The summed E-state index contributed by atoms with van der Waals surface area (Å²) in [7, 11) is 0. The van der Waals surface area contributed by atoms with E-state index in [1.807, 2.05) is 64.9 Å². The Morgan fingerprint density at radius 3 is 2.46 bits per heavy atom. The lowest BCUT2D eigenvalue weighted by Crippen LogP contribution is -2.50. The third kappa shape index (κ3) is 3.98. The number of nitrogens with one attached hydrogen (secondary N) is 1. The second kappa shape index (κ2) is 9.09. The van der Waals surface area contributed by atoms with E-state index >= 15 is 0 Å². The number of nitro benzene ring substituents is 1. The SMILES string of the molecule is CC1=C(C(=O)N2CCN(c3ccccc3)CC2)[C@@H](c2cccc([N+](=O)[O-])c2)n2c(nc3ccccc32)N1. The van der Waals surface area contributed by atoms with E-state index in [0.29, 0.717) is 35.9 Å². The van der Waals surface area contributed by atoms with Crippen LogP contribution in [-0.4, -0.2) is 51.5 Å². The number of non-ortho nitro benzene ring substituents is 1. The van der Waals surface area contributed by atoms with E-state index in [0.717, 1.165) is 29.8 Å². The molecule has 1 fully saturated rings. The number of hydrogen-bond donors (Lipinski definition) is 1. The highest BCUT2D eigenvalue weighted by Gasteiger charge is 2.37. The number of para-hydroxylation sites is 3. The molecule has 0 bridgehead atoms. The molecule has 1 amide bonds. The normalized spacial score (nSPS) is 17.5. The number of piperazine rings is 1. The van der Waals surface area contributed by atoms with E-state index < -0.39 is 11.0 Å². The molecule has 6 rings (SSSR count). The molecule has 186 valence electrons. The zero-order chi connectivity index (χ0) is 25.5. The number of rotatable bonds is 4. The number of imidazole rings is 1. The predicted molar refractivity (Wildman–Crippen MR) is 143 cm³/mol. The largest absolute Gasteiger partial charge is 0.368 e. The number of nitro groups is 1. The van der Waals surface area contributed by atoms with Crippen LogP contribution in [0.5, 0.6) is 0 Å². The summed E-state index contributed by atoms with van der Waals surface area (Å²) in [4.78, 5) is 34.2. The van der Waals surface area contributed by atoms with Crippen molar-refractivity contribution in [3.8, 4) is 0 Å². The molecule has 0 unspecified atom stereocenters. The van der Waals surface area contributed by atoms with Crippen LogP contribution in [0.4, 0.5) is 17.3 Å². The number of fused-ring (bicyclic) bond motifs is 3. The van der Waals surface area contributed by atoms with Crippen molar-refractivity contribution in [3.63, 3.8) is 0 Å². The summed E-state index contributed by atoms with van der Waals surface area (Å²) < 4.78 is 1.98. The molecule has 0 saturated carbocycles. The van der Waals surface area contributed by atoms with Gasteiger partial charge in [-0.3, -0.25) is 19.5 Å².